The predicted octanol–water partition coefficient (Wildman–Crippen LogP) is 9.50. The first kappa shape index (κ1) is 34.5. The summed E-state index contributed by atoms with van der Waals surface area (Å²) in [7, 11) is -0.739. The van der Waals surface area contributed by atoms with E-state index in [4.69, 9.17) is 17.0 Å². The van der Waals surface area contributed by atoms with Crippen LogP contribution in [0.25, 0.3) is 46.6 Å². The zero-order chi connectivity index (χ0) is 38.3. The molecule has 0 aliphatic carbocycles. The number of anilines is 1. The molecule has 0 saturated carbocycles. The number of isothiocyanates is 1. The third kappa shape index (κ3) is 4.75. The molecule has 3 aliphatic rings. The molecule has 0 bridgehead atoms. The third-order valence-corrected chi connectivity index (χ3v) is 15.3. The van der Waals surface area contributed by atoms with Crippen LogP contribution in [0.3, 0.4) is 0 Å². The van der Waals surface area contributed by atoms with Crippen molar-refractivity contribution in [2.24, 2.45) is 4.99 Å². The largest absolute Gasteiger partial charge is 0.744 e. The monoisotopic (exact) mass is 795 g/mol. The molecule has 5 heterocycles. The van der Waals surface area contributed by atoms with E-state index in [0.717, 1.165) is 31.9 Å². The van der Waals surface area contributed by atoms with Crippen LogP contribution in [0.4, 0.5) is 11.4 Å². The normalized spacial score (nSPS) is 16.0. The van der Waals surface area contributed by atoms with Gasteiger partial charge in [0.1, 0.15) is 28.7 Å². The van der Waals surface area contributed by atoms with Gasteiger partial charge in [0.2, 0.25) is 5.36 Å². The Hall–Kier alpha value is -5.00. The first-order chi connectivity index (χ1) is 26.2. The van der Waals surface area contributed by atoms with Gasteiger partial charge in [-0.05, 0) is 73.9 Å². The van der Waals surface area contributed by atoms with Crippen molar-refractivity contribution in [1.29, 1.82) is 0 Å². The second-order valence-corrected chi connectivity index (χ2v) is 19.0. The molecule has 10 rings (SSSR count). The van der Waals surface area contributed by atoms with Crippen LogP contribution >= 0.6 is 34.9 Å². The van der Waals surface area contributed by atoms with Gasteiger partial charge < -0.3 is 14.2 Å². The van der Waals surface area contributed by atoms with Crippen molar-refractivity contribution in [2.75, 3.05) is 19.0 Å². The fourth-order valence-electron chi connectivity index (χ4n) is 8.85. The molecule has 0 amide bonds. The molecule has 3 aliphatic heterocycles. The maximum atomic E-state index is 13.1. The maximum Gasteiger partial charge on any atom is 0.212 e. The van der Waals surface area contributed by atoms with E-state index in [0.29, 0.717) is 33.5 Å². The summed E-state index contributed by atoms with van der Waals surface area (Å²) >= 11 is 8.45. The van der Waals surface area contributed by atoms with Gasteiger partial charge >= 0.3 is 0 Å². The highest BCUT2D eigenvalue weighted by Gasteiger charge is 2.43. The third-order valence-electron chi connectivity index (χ3n) is 11.9. The van der Waals surface area contributed by atoms with Crippen molar-refractivity contribution < 1.29 is 17.7 Å². The van der Waals surface area contributed by atoms with Gasteiger partial charge in [-0.25, -0.2) is 13.0 Å². The number of nitrogens with zero attached hydrogens (tertiary/aromatic N) is 3. The maximum absolute atomic E-state index is 13.1. The summed E-state index contributed by atoms with van der Waals surface area (Å²) < 4.78 is 51.0. The van der Waals surface area contributed by atoms with E-state index in [2.05, 4.69) is 134 Å². The Morgan fingerprint density at radius 2 is 1.45 bits per heavy atom. The second kappa shape index (κ2) is 11.5. The van der Waals surface area contributed by atoms with Gasteiger partial charge in [-0.15, -0.1) is 22.7 Å². The molecule has 0 radical (unpaired) electrons. The van der Waals surface area contributed by atoms with E-state index in [9.17, 15) is 13.0 Å². The lowest BCUT2D eigenvalue weighted by Gasteiger charge is -2.43. The number of ether oxygens (including phenoxy) is 1. The van der Waals surface area contributed by atoms with Crippen LogP contribution in [0.2, 0.25) is 0 Å². The quantitative estimate of drug-likeness (QED) is 0.0767. The van der Waals surface area contributed by atoms with Gasteiger partial charge in [-0.2, -0.15) is 4.99 Å². The highest BCUT2D eigenvalue weighted by Crippen LogP contribution is 2.56. The molecule has 11 heteroatoms. The minimum absolute atomic E-state index is 0.231. The zero-order valence-corrected chi connectivity index (χ0v) is 34.0. The van der Waals surface area contributed by atoms with E-state index in [1.54, 1.807) is 28.7 Å². The lowest BCUT2D eigenvalue weighted by molar-refractivity contribution is 0.371. The van der Waals surface area contributed by atoms with Crippen LogP contribution in [0.5, 0.6) is 11.5 Å². The van der Waals surface area contributed by atoms with Gasteiger partial charge in [-0.3, -0.25) is 0 Å². The van der Waals surface area contributed by atoms with Gasteiger partial charge in [0.05, 0.1) is 37.8 Å². The zero-order valence-electron chi connectivity index (χ0n) is 30.8. The Balaban J connectivity index is 1.38. The molecule has 0 unspecified atom stereocenters. The number of hydrogen-bond donors (Lipinski definition) is 0. The molecule has 0 N–H and O–H groups in total. The summed E-state index contributed by atoms with van der Waals surface area (Å²) in [5.74, 6) is 1.12. The van der Waals surface area contributed by atoms with E-state index < -0.39 is 10.1 Å². The molecule has 272 valence electrons. The highest BCUT2D eigenvalue weighted by atomic mass is 32.2. The molecular weight excluding hydrogens is 763 g/mol. The van der Waals surface area contributed by atoms with Crippen LogP contribution in [-0.4, -0.2) is 32.2 Å². The van der Waals surface area contributed by atoms with Gasteiger partial charge in [0, 0.05) is 90.9 Å². The number of thiophene rings is 2. The molecule has 0 fully saturated rings. The van der Waals surface area contributed by atoms with Crippen molar-refractivity contribution in [3.8, 4) is 32.4 Å². The minimum Gasteiger partial charge on any atom is -0.744 e. The van der Waals surface area contributed by atoms with Crippen molar-refractivity contribution in [3.05, 3.63) is 124 Å². The summed E-state index contributed by atoms with van der Waals surface area (Å²) in [6.07, 6.45) is 0. The van der Waals surface area contributed by atoms with E-state index in [1.807, 2.05) is 0 Å². The molecule has 0 atom stereocenters. The molecule has 0 spiro atoms. The number of fused-ring (bicyclic) bond motifs is 12. The number of benzene rings is 5. The highest BCUT2D eigenvalue weighted by molar-refractivity contribution is 7.85. The molecular formula is C44H33N3O4S4. The van der Waals surface area contributed by atoms with Gasteiger partial charge in [0.15, 0.2) is 5.54 Å². The lowest BCUT2D eigenvalue weighted by Crippen LogP contribution is -2.46. The van der Waals surface area contributed by atoms with Crippen LogP contribution in [0.1, 0.15) is 49.9 Å². The molecule has 0 saturated heterocycles. The van der Waals surface area contributed by atoms with Crippen molar-refractivity contribution >= 4 is 87.3 Å². The van der Waals surface area contributed by atoms with Crippen LogP contribution in [0, 0.1) is 0 Å². The molecule has 5 aromatic carbocycles. The summed E-state index contributed by atoms with van der Waals surface area (Å²) in [5, 5.41) is 6.49. The Morgan fingerprint density at radius 3 is 2.13 bits per heavy atom. The van der Waals surface area contributed by atoms with Crippen molar-refractivity contribution in [1.82, 2.24) is 4.58 Å². The van der Waals surface area contributed by atoms with Crippen LogP contribution in [-0.2, 0) is 21.2 Å². The smallest absolute Gasteiger partial charge is 0.212 e. The number of hydrogen-bond acceptors (Lipinski definition) is 9. The first-order valence-corrected chi connectivity index (χ1v) is 21.3. The Kier molecular flexibility index (Phi) is 7.22. The Bertz CT molecular complexity index is 3200. The van der Waals surface area contributed by atoms with Gasteiger partial charge in [-0.1, -0.05) is 36.4 Å². The molecule has 7 nitrogen and oxygen atoms in total. The van der Waals surface area contributed by atoms with Crippen LogP contribution in [0.15, 0.2) is 101 Å². The molecule has 7 aromatic rings. The molecule has 2 aromatic heterocycles. The van der Waals surface area contributed by atoms with E-state index >= 15 is 0 Å². The minimum atomic E-state index is -4.95. The average Bonchev–Trinajstić information content (AvgIpc) is 3.75. The standard InChI is InChI=1S/C44H33N3O4S4/c1-43(2)39-24-11-7-9-13-35(24)53-41(39)26-18-28-33(20-31(26)46(43)5)51-34-21-32-27(42-40(44(3,4)47(32)6)25-12-8-10-14-36(25)54-42)19-29(34)38(28)30-17-23(45-22-52)15-16-37(30)55(48,49)50/h7-21H,1-6H3. The average molecular weight is 796 g/mol. The first-order valence-electron chi connectivity index (χ1n) is 17.8. The summed E-state index contributed by atoms with van der Waals surface area (Å²) in [4.78, 5) is 8.45. The van der Waals surface area contributed by atoms with E-state index in [-0.39, 0.29) is 21.5 Å². The number of aliphatic imine (C=N–C) groups is 1. The summed E-state index contributed by atoms with van der Waals surface area (Å²) in [5.41, 5.74) is 6.65. The fraction of sp³-hybridized carbons (Fsp3) is 0.182. The van der Waals surface area contributed by atoms with Crippen molar-refractivity contribution in [3.63, 3.8) is 0 Å². The Labute approximate surface area is 331 Å². The number of thiocarbonyl (C=S) groups is 1. The number of rotatable bonds is 3. The van der Waals surface area contributed by atoms with E-state index in [1.165, 1.54) is 43.4 Å². The van der Waals surface area contributed by atoms with Crippen molar-refractivity contribution in [2.45, 2.75) is 43.7 Å². The lowest BCUT2D eigenvalue weighted by atomic mass is 9.81. The van der Waals surface area contributed by atoms with Crippen LogP contribution < -0.4 is 24.8 Å². The summed E-state index contributed by atoms with van der Waals surface area (Å²) in [6, 6.07) is 29.7. The Morgan fingerprint density at radius 1 is 0.800 bits per heavy atom. The second-order valence-electron chi connectivity index (χ2n) is 15.4. The molecule has 55 heavy (non-hydrogen) atoms. The summed E-state index contributed by atoms with van der Waals surface area (Å²) in [6.45, 7) is 8.95. The SMILES string of the molecule is CN1c2cc3c(cc2-c2sc4ccccc4c2C1(C)C)C(c1cc(N=C=S)ccc1S(=O)(=O)[O-])=c1cc2c(cc1O3)=[N+](C)C(C)(C)c1c-2sc2ccccc12. The predicted molar refractivity (Wildman–Crippen MR) is 226 cm³/mol. The topological polar surface area (TPSA) is 85.0 Å². The fourth-order valence-corrected chi connectivity index (χ4v) is 12.4. The van der Waals surface area contributed by atoms with Gasteiger partial charge in [0.25, 0.3) is 0 Å².